The highest BCUT2D eigenvalue weighted by Crippen LogP contribution is 2.38. The van der Waals surface area contributed by atoms with Crippen LogP contribution in [-0.2, 0) is 14.1 Å². The number of anilines is 1. The Bertz CT molecular complexity index is 1450. The fourth-order valence-electron chi connectivity index (χ4n) is 3.88. The second-order valence-corrected chi connectivity index (χ2v) is 7.67. The van der Waals surface area contributed by atoms with Crippen LogP contribution in [0, 0.1) is 11.3 Å². The Morgan fingerprint density at radius 3 is 2.76 bits per heavy atom. The molecule has 4 aromatic rings. The first kappa shape index (κ1) is 22.4. The zero-order valence-corrected chi connectivity index (χ0v) is 18.5. The number of nitrogens with one attached hydrogen (secondary N) is 1. The largest absolute Gasteiger partial charge is 0.501 e. The molecule has 0 unspecified atom stereocenters. The van der Waals surface area contributed by atoms with E-state index in [-0.39, 0.29) is 17.2 Å². The number of aromatic hydroxyl groups is 1. The molecule has 0 aliphatic heterocycles. The summed E-state index contributed by atoms with van der Waals surface area (Å²) in [5, 5.41) is 30.2. The molecule has 0 fully saturated rings. The molecule has 0 aliphatic rings. The second kappa shape index (κ2) is 8.99. The number of amides is 1. The minimum absolute atomic E-state index is 0.220. The van der Waals surface area contributed by atoms with Crippen molar-refractivity contribution in [2.45, 2.75) is 18.8 Å². The standard InChI is InChI=1S/C22H20N8O4/c1-12(17(13-8-25-29(2)10-13)15-5-4-6-24-16(15)7-23)20-28-18(19(31)22(33)30(20)3)21(32)27-14-9-26-34-11-14/h4-6,8-12,17,31H,1-3H3,(H,27,32)/t12-,17+/m1/s1. The Balaban J connectivity index is 1.85. The molecule has 0 saturated heterocycles. The Labute approximate surface area is 193 Å². The van der Waals surface area contributed by atoms with Crippen molar-refractivity contribution >= 4 is 11.6 Å². The van der Waals surface area contributed by atoms with Gasteiger partial charge in [-0.3, -0.25) is 18.8 Å². The molecule has 34 heavy (non-hydrogen) atoms. The van der Waals surface area contributed by atoms with Gasteiger partial charge in [0.2, 0.25) is 5.75 Å². The van der Waals surface area contributed by atoms with Crippen molar-refractivity contribution < 1.29 is 14.4 Å². The average molecular weight is 460 g/mol. The molecule has 4 heterocycles. The third kappa shape index (κ3) is 4.02. The van der Waals surface area contributed by atoms with Crippen molar-refractivity contribution in [3.05, 3.63) is 81.9 Å². The van der Waals surface area contributed by atoms with Gasteiger partial charge >= 0.3 is 0 Å². The van der Waals surface area contributed by atoms with Crippen LogP contribution in [0.2, 0.25) is 0 Å². The minimum atomic E-state index is -0.802. The Kier molecular flexibility index (Phi) is 5.92. The van der Waals surface area contributed by atoms with E-state index in [4.69, 9.17) is 0 Å². The third-order valence-corrected chi connectivity index (χ3v) is 5.48. The number of hydrogen-bond acceptors (Lipinski definition) is 9. The molecule has 1 amide bonds. The highest BCUT2D eigenvalue weighted by atomic mass is 16.5. The first-order valence-electron chi connectivity index (χ1n) is 10.2. The number of carbonyl (C=O) groups excluding carboxylic acids is 1. The van der Waals surface area contributed by atoms with Gasteiger partial charge in [0.25, 0.3) is 11.5 Å². The summed E-state index contributed by atoms with van der Waals surface area (Å²) in [5.74, 6) is -2.37. The summed E-state index contributed by atoms with van der Waals surface area (Å²) < 4.78 is 7.49. The monoisotopic (exact) mass is 460 g/mol. The van der Waals surface area contributed by atoms with Gasteiger partial charge in [-0.2, -0.15) is 10.4 Å². The maximum atomic E-state index is 12.8. The van der Waals surface area contributed by atoms with Crippen molar-refractivity contribution in [2.24, 2.45) is 14.1 Å². The van der Waals surface area contributed by atoms with Crippen molar-refractivity contribution in [2.75, 3.05) is 5.32 Å². The summed E-state index contributed by atoms with van der Waals surface area (Å²) >= 11 is 0. The molecule has 0 saturated carbocycles. The molecular weight excluding hydrogens is 440 g/mol. The first-order valence-corrected chi connectivity index (χ1v) is 10.2. The second-order valence-electron chi connectivity index (χ2n) is 7.67. The van der Waals surface area contributed by atoms with Gasteiger partial charge in [0.1, 0.15) is 29.5 Å². The highest BCUT2D eigenvalue weighted by molar-refractivity contribution is 6.04. The molecule has 0 bridgehead atoms. The quantitative estimate of drug-likeness (QED) is 0.435. The van der Waals surface area contributed by atoms with Gasteiger partial charge < -0.3 is 14.9 Å². The summed E-state index contributed by atoms with van der Waals surface area (Å²) in [5.41, 5.74) is 0.605. The van der Waals surface area contributed by atoms with E-state index in [1.54, 1.807) is 36.3 Å². The Hall–Kier alpha value is -4.79. The van der Waals surface area contributed by atoms with Gasteiger partial charge in [0.05, 0.1) is 12.4 Å². The fourth-order valence-corrected chi connectivity index (χ4v) is 3.88. The van der Waals surface area contributed by atoms with Crippen molar-refractivity contribution in [3.63, 3.8) is 0 Å². The van der Waals surface area contributed by atoms with E-state index < -0.39 is 34.7 Å². The molecule has 2 N–H and O–H groups in total. The molecule has 0 aliphatic carbocycles. The number of hydrogen-bond donors (Lipinski definition) is 2. The summed E-state index contributed by atoms with van der Waals surface area (Å²) in [6.07, 6.45) is 7.45. The van der Waals surface area contributed by atoms with Gasteiger partial charge in [-0.05, 0) is 17.2 Å². The van der Waals surface area contributed by atoms with Gasteiger partial charge in [0.15, 0.2) is 5.69 Å². The maximum Gasteiger partial charge on any atom is 0.296 e. The molecule has 0 radical (unpaired) electrons. The molecule has 2 atom stereocenters. The van der Waals surface area contributed by atoms with Gasteiger partial charge in [-0.25, -0.2) is 9.97 Å². The number of pyridine rings is 1. The minimum Gasteiger partial charge on any atom is -0.501 e. The zero-order chi connectivity index (χ0) is 24.4. The van der Waals surface area contributed by atoms with E-state index in [1.807, 2.05) is 6.92 Å². The Morgan fingerprint density at radius 2 is 2.12 bits per heavy atom. The number of nitriles is 1. The number of aromatic nitrogens is 6. The Morgan fingerprint density at radius 1 is 1.32 bits per heavy atom. The maximum absolute atomic E-state index is 12.8. The predicted molar refractivity (Wildman–Crippen MR) is 118 cm³/mol. The third-order valence-electron chi connectivity index (χ3n) is 5.48. The van der Waals surface area contributed by atoms with Crippen LogP contribution in [0.5, 0.6) is 5.75 Å². The molecule has 0 aromatic carbocycles. The van der Waals surface area contributed by atoms with E-state index in [9.17, 15) is 20.0 Å². The van der Waals surface area contributed by atoms with E-state index in [1.165, 1.54) is 30.3 Å². The van der Waals surface area contributed by atoms with E-state index >= 15 is 0 Å². The molecule has 0 spiro atoms. The van der Waals surface area contributed by atoms with Gasteiger partial charge in [-0.1, -0.05) is 18.1 Å². The van der Waals surface area contributed by atoms with Crippen molar-refractivity contribution in [3.8, 4) is 11.8 Å². The van der Waals surface area contributed by atoms with Crippen LogP contribution in [0.15, 0.2) is 52.5 Å². The van der Waals surface area contributed by atoms with Crippen LogP contribution < -0.4 is 10.9 Å². The molecule has 4 aromatic heterocycles. The van der Waals surface area contributed by atoms with Crippen LogP contribution >= 0.6 is 0 Å². The lowest BCUT2D eigenvalue weighted by atomic mass is 9.81. The molecule has 12 nitrogen and oxygen atoms in total. The fraction of sp³-hybridized carbons (Fsp3) is 0.227. The van der Waals surface area contributed by atoms with Crippen molar-refractivity contribution in [1.29, 1.82) is 5.26 Å². The summed E-state index contributed by atoms with van der Waals surface area (Å²) in [6.45, 7) is 1.81. The predicted octanol–water partition coefficient (Wildman–Crippen LogP) is 1.66. The molecule has 12 heteroatoms. The van der Waals surface area contributed by atoms with Crippen LogP contribution in [-0.4, -0.2) is 40.5 Å². The average Bonchev–Trinajstić information content (AvgIpc) is 3.50. The van der Waals surface area contributed by atoms with Crippen LogP contribution in [0.4, 0.5) is 5.69 Å². The normalized spacial score (nSPS) is 12.6. The lowest BCUT2D eigenvalue weighted by Gasteiger charge is -2.25. The van der Waals surface area contributed by atoms with Crippen LogP contribution in [0.3, 0.4) is 0 Å². The number of nitrogens with zero attached hydrogens (tertiary/aromatic N) is 7. The topological polar surface area (TPSA) is 165 Å². The molecule has 4 rings (SSSR count). The van der Waals surface area contributed by atoms with Crippen LogP contribution in [0.25, 0.3) is 0 Å². The number of rotatable bonds is 6. The molecular formula is C22H20N8O4. The van der Waals surface area contributed by atoms with E-state index in [0.717, 1.165) is 5.56 Å². The SMILES string of the molecule is C[C@@H](c1nc(C(=O)Nc2cnoc2)c(O)c(=O)n1C)[C@@H](c1cnn(C)c1)c1cccnc1C#N. The zero-order valence-electron chi connectivity index (χ0n) is 18.5. The van der Waals surface area contributed by atoms with Crippen molar-refractivity contribution in [1.82, 2.24) is 29.5 Å². The van der Waals surface area contributed by atoms with E-state index in [2.05, 4.69) is 36.1 Å². The lowest BCUT2D eigenvalue weighted by Crippen LogP contribution is -2.29. The highest BCUT2D eigenvalue weighted by Gasteiger charge is 2.31. The number of aryl methyl sites for hydroxylation is 1. The van der Waals surface area contributed by atoms with E-state index in [0.29, 0.717) is 5.56 Å². The first-order chi connectivity index (χ1) is 16.3. The van der Waals surface area contributed by atoms with Gasteiger partial charge in [0, 0.05) is 38.3 Å². The number of carbonyl (C=O) groups is 1. The smallest absolute Gasteiger partial charge is 0.296 e. The summed E-state index contributed by atoms with van der Waals surface area (Å²) in [7, 11) is 3.22. The summed E-state index contributed by atoms with van der Waals surface area (Å²) in [4.78, 5) is 34.1. The van der Waals surface area contributed by atoms with Gasteiger partial charge in [-0.15, -0.1) is 0 Å². The lowest BCUT2D eigenvalue weighted by molar-refractivity contribution is 0.101. The molecule has 172 valence electrons. The summed E-state index contributed by atoms with van der Waals surface area (Å²) in [6, 6.07) is 5.59. The van der Waals surface area contributed by atoms with Crippen LogP contribution in [0.1, 0.15) is 51.9 Å².